The molecule has 9 heteroatoms. The second kappa shape index (κ2) is 4.78. The van der Waals surface area contributed by atoms with Gasteiger partial charge in [0, 0.05) is 17.0 Å². The standard InChI is InChI=1S/C11H8N6O2S/c12-11-15-9-8(13-5-14-9)10(16-11)20-7-3-1-6(2-4-7)17(18)19/h1-5H,(H3,12,13,14,15,16). The van der Waals surface area contributed by atoms with Gasteiger partial charge in [-0.2, -0.15) is 4.98 Å². The predicted molar refractivity (Wildman–Crippen MR) is 73.3 cm³/mol. The first kappa shape index (κ1) is 12.4. The Hall–Kier alpha value is -2.68. The molecule has 0 saturated heterocycles. The summed E-state index contributed by atoms with van der Waals surface area (Å²) in [6.45, 7) is 0. The number of nitro groups is 1. The van der Waals surface area contributed by atoms with Crippen LogP contribution in [0.2, 0.25) is 0 Å². The van der Waals surface area contributed by atoms with Crippen LogP contribution in [0.4, 0.5) is 11.6 Å². The number of imidazole rings is 1. The third-order valence-electron chi connectivity index (χ3n) is 2.53. The van der Waals surface area contributed by atoms with Crippen LogP contribution in [-0.4, -0.2) is 24.9 Å². The summed E-state index contributed by atoms with van der Waals surface area (Å²) in [5.74, 6) is 0.133. The molecule has 3 rings (SSSR count). The molecule has 0 aliphatic carbocycles. The van der Waals surface area contributed by atoms with Crippen molar-refractivity contribution in [1.29, 1.82) is 0 Å². The van der Waals surface area contributed by atoms with Gasteiger partial charge in [-0.05, 0) is 12.1 Å². The summed E-state index contributed by atoms with van der Waals surface area (Å²) in [5.41, 5.74) is 6.84. The van der Waals surface area contributed by atoms with Crippen LogP contribution >= 0.6 is 11.8 Å². The highest BCUT2D eigenvalue weighted by Crippen LogP contribution is 2.31. The van der Waals surface area contributed by atoms with E-state index in [9.17, 15) is 10.1 Å². The molecule has 0 radical (unpaired) electrons. The van der Waals surface area contributed by atoms with Gasteiger partial charge in [-0.3, -0.25) is 10.1 Å². The number of hydrogen-bond acceptors (Lipinski definition) is 7. The fourth-order valence-corrected chi connectivity index (χ4v) is 2.53. The summed E-state index contributed by atoms with van der Waals surface area (Å²) in [6.07, 6.45) is 1.51. The second-order valence-corrected chi connectivity index (χ2v) is 4.90. The fraction of sp³-hybridized carbons (Fsp3) is 0. The molecule has 0 atom stereocenters. The van der Waals surface area contributed by atoms with Crippen LogP contribution < -0.4 is 5.73 Å². The van der Waals surface area contributed by atoms with Crippen molar-refractivity contribution in [2.75, 3.05) is 5.73 Å². The van der Waals surface area contributed by atoms with E-state index in [2.05, 4.69) is 19.9 Å². The van der Waals surface area contributed by atoms with Crippen LogP contribution in [0.25, 0.3) is 11.2 Å². The monoisotopic (exact) mass is 288 g/mol. The molecule has 0 aliphatic heterocycles. The van der Waals surface area contributed by atoms with Gasteiger partial charge in [0.1, 0.15) is 10.5 Å². The molecule has 2 aromatic heterocycles. The summed E-state index contributed by atoms with van der Waals surface area (Å²) in [4.78, 5) is 26.1. The minimum Gasteiger partial charge on any atom is -0.368 e. The summed E-state index contributed by atoms with van der Waals surface area (Å²) in [5, 5.41) is 11.2. The zero-order valence-electron chi connectivity index (χ0n) is 9.98. The number of H-pyrrole nitrogens is 1. The number of benzene rings is 1. The number of nitrogens with two attached hydrogens (primary N) is 1. The van der Waals surface area contributed by atoms with E-state index in [1.807, 2.05) is 0 Å². The number of hydrogen-bond donors (Lipinski definition) is 2. The van der Waals surface area contributed by atoms with Crippen molar-refractivity contribution in [3.8, 4) is 0 Å². The highest BCUT2D eigenvalue weighted by molar-refractivity contribution is 7.99. The number of nitrogens with one attached hydrogen (secondary N) is 1. The van der Waals surface area contributed by atoms with Gasteiger partial charge >= 0.3 is 0 Å². The van der Waals surface area contributed by atoms with Crippen molar-refractivity contribution in [2.45, 2.75) is 9.92 Å². The smallest absolute Gasteiger partial charge is 0.269 e. The van der Waals surface area contributed by atoms with Crippen molar-refractivity contribution in [1.82, 2.24) is 19.9 Å². The Morgan fingerprint density at radius 3 is 2.70 bits per heavy atom. The molecule has 3 N–H and O–H groups in total. The summed E-state index contributed by atoms with van der Waals surface area (Å²) < 4.78 is 0. The number of fused-ring (bicyclic) bond motifs is 1. The van der Waals surface area contributed by atoms with Crippen LogP contribution in [0.1, 0.15) is 0 Å². The molecular weight excluding hydrogens is 280 g/mol. The molecule has 2 heterocycles. The summed E-state index contributed by atoms with van der Waals surface area (Å²) in [7, 11) is 0. The first-order valence-electron chi connectivity index (χ1n) is 5.52. The van der Waals surface area contributed by atoms with E-state index in [-0.39, 0.29) is 11.6 Å². The molecule has 0 spiro atoms. The molecule has 0 bridgehead atoms. The normalized spacial score (nSPS) is 10.8. The van der Waals surface area contributed by atoms with E-state index in [4.69, 9.17) is 5.73 Å². The Balaban J connectivity index is 1.96. The molecule has 0 saturated carbocycles. The number of nitrogen functional groups attached to an aromatic ring is 1. The van der Waals surface area contributed by atoms with Gasteiger partial charge in [0.25, 0.3) is 5.69 Å². The van der Waals surface area contributed by atoms with Crippen LogP contribution in [0.15, 0.2) is 40.5 Å². The van der Waals surface area contributed by atoms with E-state index < -0.39 is 4.92 Å². The van der Waals surface area contributed by atoms with Crippen LogP contribution in [0.5, 0.6) is 0 Å². The third-order valence-corrected chi connectivity index (χ3v) is 3.53. The molecular formula is C11H8N6O2S. The lowest BCUT2D eigenvalue weighted by Crippen LogP contribution is -1.96. The lowest BCUT2D eigenvalue weighted by Gasteiger charge is -2.02. The number of rotatable bonds is 3. The topological polar surface area (TPSA) is 124 Å². The second-order valence-electron chi connectivity index (χ2n) is 3.84. The maximum absolute atomic E-state index is 10.6. The number of nitro benzene ring substituents is 1. The first-order valence-corrected chi connectivity index (χ1v) is 6.34. The Morgan fingerprint density at radius 1 is 1.25 bits per heavy atom. The van der Waals surface area contributed by atoms with E-state index in [1.165, 1.54) is 30.2 Å². The molecule has 1 aromatic carbocycles. The maximum Gasteiger partial charge on any atom is 0.269 e. The van der Waals surface area contributed by atoms with Crippen molar-refractivity contribution >= 4 is 34.6 Å². The van der Waals surface area contributed by atoms with Gasteiger partial charge in [-0.25, -0.2) is 9.97 Å². The third kappa shape index (κ3) is 2.26. The van der Waals surface area contributed by atoms with Gasteiger partial charge < -0.3 is 10.7 Å². The van der Waals surface area contributed by atoms with E-state index >= 15 is 0 Å². The maximum atomic E-state index is 10.6. The first-order chi connectivity index (χ1) is 9.63. The van der Waals surface area contributed by atoms with Crippen molar-refractivity contribution in [2.24, 2.45) is 0 Å². The van der Waals surface area contributed by atoms with Crippen molar-refractivity contribution in [3.05, 3.63) is 40.7 Å². The average Bonchev–Trinajstić information content (AvgIpc) is 2.87. The highest BCUT2D eigenvalue weighted by atomic mass is 32.2. The Bertz CT molecular complexity index is 785. The molecule has 0 amide bonds. The number of non-ortho nitro benzene ring substituents is 1. The van der Waals surface area contributed by atoms with Crippen LogP contribution in [0.3, 0.4) is 0 Å². The SMILES string of the molecule is Nc1nc(Sc2ccc([N+](=O)[O-])cc2)c2[nH]cnc2n1. The lowest BCUT2D eigenvalue weighted by molar-refractivity contribution is -0.384. The molecule has 0 unspecified atom stereocenters. The minimum absolute atomic E-state index is 0.0447. The Labute approximate surface area is 116 Å². The van der Waals surface area contributed by atoms with Gasteiger partial charge in [0.15, 0.2) is 5.65 Å². The predicted octanol–water partition coefficient (Wildman–Crippen LogP) is 1.99. The quantitative estimate of drug-likeness (QED) is 0.429. The Morgan fingerprint density at radius 2 is 2.00 bits per heavy atom. The number of anilines is 1. The van der Waals surface area contributed by atoms with Crippen LogP contribution in [-0.2, 0) is 0 Å². The zero-order valence-corrected chi connectivity index (χ0v) is 10.8. The Kier molecular flexibility index (Phi) is 2.95. The minimum atomic E-state index is -0.440. The number of nitrogens with zero attached hydrogens (tertiary/aromatic N) is 4. The van der Waals surface area contributed by atoms with E-state index in [0.717, 1.165) is 4.90 Å². The van der Waals surface area contributed by atoms with Gasteiger partial charge in [-0.15, -0.1) is 0 Å². The summed E-state index contributed by atoms with van der Waals surface area (Å²) >= 11 is 1.33. The van der Waals surface area contributed by atoms with E-state index in [1.54, 1.807) is 12.1 Å². The highest BCUT2D eigenvalue weighted by Gasteiger charge is 2.11. The molecule has 0 fully saturated rings. The number of aromatic amines is 1. The molecule has 0 aliphatic rings. The van der Waals surface area contributed by atoms with Crippen molar-refractivity contribution in [3.63, 3.8) is 0 Å². The largest absolute Gasteiger partial charge is 0.368 e. The van der Waals surface area contributed by atoms with Crippen LogP contribution in [0, 0.1) is 10.1 Å². The fourth-order valence-electron chi connectivity index (χ4n) is 1.64. The lowest BCUT2D eigenvalue weighted by atomic mass is 10.3. The van der Waals surface area contributed by atoms with Crippen molar-refractivity contribution < 1.29 is 4.92 Å². The van der Waals surface area contributed by atoms with Gasteiger partial charge in [-0.1, -0.05) is 11.8 Å². The molecule has 8 nitrogen and oxygen atoms in total. The zero-order chi connectivity index (χ0) is 14.1. The molecule has 3 aromatic rings. The molecule has 20 heavy (non-hydrogen) atoms. The number of aromatic nitrogens is 4. The molecule has 100 valence electrons. The van der Waals surface area contributed by atoms with E-state index in [0.29, 0.717) is 16.2 Å². The summed E-state index contributed by atoms with van der Waals surface area (Å²) in [6, 6.07) is 6.20. The van der Waals surface area contributed by atoms with Gasteiger partial charge in [0.05, 0.1) is 11.3 Å². The van der Waals surface area contributed by atoms with Gasteiger partial charge in [0.2, 0.25) is 5.95 Å². The average molecular weight is 288 g/mol.